The third-order valence-electron chi connectivity index (χ3n) is 3.70. The Hall–Kier alpha value is -2.25. The molecule has 23 heavy (non-hydrogen) atoms. The molecule has 1 aromatic heterocycles. The Morgan fingerprint density at radius 2 is 2.09 bits per heavy atom. The summed E-state index contributed by atoms with van der Waals surface area (Å²) >= 11 is 0. The molecular weight excluding hydrogens is 300 g/mol. The van der Waals surface area contributed by atoms with E-state index in [1.165, 1.54) is 7.11 Å². The van der Waals surface area contributed by atoms with Crippen LogP contribution in [0.25, 0.3) is 0 Å². The number of aromatic nitrogens is 2. The van der Waals surface area contributed by atoms with Crippen molar-refractivity contribution in [2.75, 3.05) is 25.5 Å². The van der Waals surface area contributed by atoms with E-state index in [0.29, 0.717) is 24.8 Å². The standard InChI is InChI=1S/C15H24N4O4/c1-9(13(20)16-11-6-12(22-5)18-17-11)10-7-19(8-10)14(21)23-15(2,3)4/h6,9-10H,7-8H2,1-5H3,(H2,16,17,18,20). The van der Waals surface area contributed by atoms with Crippen LogP contribution in [0, 0.1) is 11.8 Å². The van der Waals surface area contributed by atoms with E-state index in [0.717, 1.165) is 0 Å². The molecule has 0 bridgehead atoms. The van der Waals surface area contributed by atoms with Crippen molar-refractivity contribution in [3.05, 3.63) is 6.07 Å². The zero-order chi connectivity index (χ0) is 17.2. The first-order valence-electron chi connectivity index (χ1n) is 7.58. The van der Waals surface area contributed by atoms with Crippen LogP contribution in [0.5, 0.6) is 5.88 Å². The lowest BCUT2D eigenvalue weighted by molar-refractivity contribution is -0.123. The molecular formula is C15H24N4O4. The van der Waals surface area contributed by atoms with Gasteiger partial charge in [-0.2, -0.15) is 0 Å². The highest BCUT2D eigenvalue weighted by atomic mass is 16.6. The zero-order valence-electron chi connectivity index (χ0n) is 14.2. The molecule has 1 fully saturated rings. The maximum atomic E-state index is 12.2. The highest BCUT2D eigenvalue weighted by molar-refractivity contribution is 5.92. The minimum Gasteiger partial charge on any atom is -0.480 e. The summed E-state index contributed by atoms with van der Waals surface area (Å²) in [6, 6.07) is 1.61. The fraction of sp³-hybridized carbons (Fsp3) is 0.667. The van der Waals surface area contributed by atoms with Gasteiger partial charge in [-0.05, 0) is 20.8 Å². The van der Waals surface area contributed by atoms with Gasteiger partial charge in [-0.15, -0.1) is 5.10 Å². The van der Waals surface area contributed by atoms with Crippen LogP contribution in [0.15, 0.2) is 6.07 Å². The monoisotopic (exact) mass is 324 g/mol. The molecule has 1 aliphatic heterocycles. The average Bonchev–Trinajstić information content (AvgIpc) is 2.82. The number of amides is 2. The van der Waals surface area contributed by atoms with E-state index in [1.807, 2.05) is 27.7 Å². The lowest BCUT2D eigenvalue weighted by Crippen LogP contribution is -2.55. The van der Waals surface area contributed by atoms with Gasteiger partial charge in [0, 0.05) is 31.0 Å². The summed E-state index contributed by atoms with van der Waals surface area (Å²) < 4.78 is 10.2. The zero-order valence-corrected chi connectivity index (χ0v) is 14.2. The van der Waals surface area contributed by atoms with Crippen molar-refractivity contribution in [1.82, 2.24) is 15.1 Å². The number of nitrogens with one attached hydrogen (secondary N) is 2. The maximum Gasteiger partial charge on any atom is 0.410 e. The van der Waals surface area contributed by atoms with Crippen LogP contribution < -0.4 is 10.1 Å². The summed E-state index contributed by atoms with van der Waals surface area (Å²) in [5.74, 6) is 0.676. The Bertz CT molecular complexity index is 572. The minimum atomic E-state index is -0.509. The van der Waals surface area contributed by atoms with Gasteiger partial charge in [-0.25, -0.2) is 4.79 Å². The summed E-state index contributed by atoms with van der Waals surface area (Å²) in [4.78, 5) is 25.7. The molecule has 0 aromatic carbocycles. The number of likely N-dealkylation sites (tertiary alicyclic amines) is 1. The van der Waals surface area contributed by atoms with Crippen LogP contribution in [-0.4, -0.2) is 52.9 Å². The quantitative estimate of drug-likeness (QED) is 0.881. The topological polar surface area (TPSA) is 96.5 Å². The lowest BCUT2D eigenvalue weighted by atomic mass is 9.86. The Kier molecular flexibility index (Phi) is 4.82. The highest BCUT2D eigenvalue weighted by Crippen LogP contribution is 2.26. The Morgan fingerprint density at radius 1 is 1.43 bits per heavy atom. The van der Waals surface area contributed by atoms with Gasteiger partial charge in [-0.1, -0.05) is 6.92 Å². The predicted molar refractivity (Wildman–Crippen MR) is 84.2 cm³/mol. The molecule has 1 atom stereocenters. The van der Waals surface area contributed by atoms with Gasteiger partial charge >= 0.3 is 6.09 Å². The predicted octanol–water partition coefficient (Wildman–Crippen LogP) is 1.86. The van der Waals surface area contributed by atoms with Crippen LogP contribution in [0.1, 0.15) is 27.7 Å². The number of ether oxygens (including phenoxy) is 2. The Balaban J connectivity index is 1.80. The molecule has 0 saturated carbocycles. The summed E-state index contributed by atoms with van der Waals surface area (Å²) in [6.07, 6.45) is -0.334. The molecule has 2 N–H and O–H groups in total. The first-order valence-corrected chi connectivity index (χ1v) is 7.58. The van der Waals surface area contributed by atoms with E-state index >= 15 is 0 Å². The second-order valence-corrected chi connectivity index (χ2v) is 6.75. The van der Waals surface area contributed by atoms with Crippen molar-refractivity contribution in [3.8, 4) is 5.88 Å². The number of rotatable bonds is 4. The van der Waals surface area contributed by atoms with Gasteiger partial charge in [0.15, 0.2) is 0 Å². The van der Waals surface area contributed by atoms with E-state index in [9.17, 15) is 9.59 Å². The van der Waals surface area contributed by atoms with Crippen LogP contribution in [0.2, 0.25) is 0 Å². The molecule has 1 unspecified atom stereocenters. The molecule has 1 saturated heterocycles. The normalized spacial score (nSPS) is 16.5. The first-order chi connectivity index (χ1) is 10.7. The van der Waals surface area contributed by atoms with Crippen molar-refractivity contribution < 1.29 is 19.1 Å². The lowest BCUT2D eigenvalue weighted by Gasteiger charge is -2.42. The van der Waals surface area contributed by atoms with Gasteiger partial charge in [0.25, 0.3) is 0 Å². The minimum absolute atomic E-state index is 0.118. The number of aromatic amines is 1. The van der Waals surface area contributed by atoms with Crippen molar-refractivity contribution >= 4 is 17.8 Å². The average molecular weight is 324 g/mol. The van der Waals surface area contributed by atoms with E-state index < -0.39 is 5.60 Å². The van der Waals surface area contributed by atoms with E-state index in [1.54, 1.807) is 11.0 Å². The molecule has 0 spiro atoms. The summed E-state index contributed by atoms with van der Waals surface area (Å²) in [6.45, 7) is 8.39. The summed E-state index contributed by atoms with van der Waals surface area (Å²) in [7, 11) is 1.50. The molecule has 2 heterocycles. The molecule has 0 radical (unpaired) electrons. The fourth-order valence-corrected chi connectivity index (χ4v) is 2.24. The Morgan fingerprint density at radius 3 is 2.61 bits per heavy atom. The highest BCUT2D eigenvalue weighted by Gasteiger charge is 2.39. The number of hydrogen-bond donors (Lipinski definition) is 2. The molecule has 8 nitrogen and oxygen atoms in total. The molecule has 128 valence electrons. The maximum absolute atomic E-state index is 12.2. The SMILES string of the molecule is COc1cc(NC(=O)C(C)C2CN(C(=O)OC(C)(C)C)C2)[nH]n1. The van der Waals surface area contributed by atoms with Gasteiger partial charge in [0.2, 0.25) is 11.8 Å². The summed E-state index contributed by atoms with van der Waals surface area (Å²) in [5.41, 5.74) is -0.509. The molecule has 1 aliphatic rings. The smallest absolute Gasteiger partial charge is 0.410 e. The van der Waals surface area contributed by atoms with Gasteiger partial charge in [0.05, 0.1) is 7.11 Å². The molecule has 8 heteroatoms. The largest absolute Gasteiger partial charge is 0.480 e. The molecule has 2 rings (SSSR count). The van der Waals surface area contributed by atoms with Crippen LogP contribution in [-0.2, 0) is 9.53 Å². The van der Waals surface area contributed by atoms with Crippen molar-refractivity contribution in [2.45, 2.75) is 33.3 Å². The van der Waals surface area contributed by atoms with E-state index in [2.05, 4.69) is 15.5 Å². The van der Waals surface area contributed by atoms with Crippen molar-refractivity contribution in [2.24, 2.45) is 11.8 Å². The number of carbonyl (C=O) groups excluding carboxylic acids is 2. The first kappa shape index (κ1) is 17.1. The van der Waals surface area contributed by atoms with E-state index in [-0.39, 0.29) is 23.8 Å². The van der Waals surface area contributed by atoms with Crippen molar-refractivity contribution in [3.63, 3.8) is 0 Å². The second-order valence-electron chi connectivity index (χ2n) is 6.75. The fourth-order valence-electron chi connectivity index (χ4n) is 2.24. The molecule has 0 aliphatic carbocycles. The van der Waals surface area contributed by atoms with Gasteiger partial charge in [-0.3, -0.25) is 9.89 Å². The van der Waals surface area contributed by atoms with Crippen LogP contribution in [0.3, 0.4) is 0 Å². The second kappa shape index (κ2) is 6.47. The van der Waals surface area contributed by atoms with Gasteiger partial charge < -0.3 is 19.7 Å². The molecule has 2 amide bonds. The van der Waals surface area contributed by atoms with E-state index in [4.69, 9.17) is 9.47 Å². The third kappa shape index (κ3) is 4.37. The van der Waals surface area contributed by atoms with Crippen LogP contribution in [0.4, 0.5) is 10.6 Å². The number of carbonyl (C=O) groups is 2. The number of H-pyrrole nitrogens is 1. The summed E-state index contributed by atoms with van der Waals surface area (Å²) in [5, 5.41) is 9.30. The van der Waals surface area contributed by atoms with Gasteiger partial charge in [0.1, 0.15) is 11.4 Å². The number of methoxy groups -OCH3 is 1. The Labute approximate surface area is 135 Å². The number of hydrogen-bond acceptors (Lipinski definition) is 5. The van der Waals surface area contributed by atoms with Crippen LogP contribution >= 0.6 is 0 Å². The number of anilines is 1. The number of nitrogens with zero attached hydrogens (tertiary/aromatic N) is 2. The molecule has 1 aromatic rings. The third-order valence-corrected chi connectivity index (χ3v) is 3.70. The van der Waals surface area contributed by atoms with Crippen molar-refractivity contribution in [1.29, 1.82) is 0 Å².